The van der Waals surface area contributed by atoms with E-state index >= 15 is 0 Å². The average Bonchev–Trinajstić information content (AvgIpc) is 3.36. The monoisotopic (exact) mass is 391 g/mol. The van der Waals surface area contributed by atoms with Crippen LogP contribution in [0.5, 0.6) is 5.75 Å². The lowest BCUT2D eigenvalue weighted by Gasteiger charge is -2.17. The van der Waals surface area contributed by atoms with E-state index in [-0.39, 0.29) is 0 Å². The van der Waals surface area contributed by atoms with Crippen molar-refractivity contribution < 1.29 is 4.74 Å². The Hall–Kier alpha value is -2.30. The summed E-state index contributed by atoms with van der Waals surface area (Å²) in [5.74, 6) is 0.975. The molecule has 1 fully saturated rings. The highest BCUT2D eigenvalue weighted by Gasteiger charge is 2.21. The van der Waals surface area contributed by atoms with Crippen molar-refractivity contribution in [3.63, 3.8) is 0 Å². The lowest BCUT2D eigenvalue weighted by atomic mass is 10.1. The summed E-state index contributed by atoms with van der Waals surface area (Å²) in [5, 5.41) is 5.10. The molecule has 1 unspecified atom stereocenters. The van der Waals surface area contributed by atoms with Crippen LogP contribution in [0.3, 0.4) is 0 Å². The molecule has 4 heteroatoms. The number of nitrogens with zero attached hydrogens (tertiary/aromatic N) is 2. The van der Waals surface area contributed by atoms with E-state index in [0.717, 1.165) is 44.8 Å². The molecule has 2 heterocycles. The Morgan fingerprint density at radius 1 is 1.10 bits per heavy atom. The van der Waals surface area contributed by atoms with E-state index in [0.29, 0.717) is 6.04 Å². The van der Waals surface area contributed by atoms with Gasteiger partial charge in [0.15, 0.2) is 0 Å². The van der Waals surface area contributed by atoms with Gasteiger partial charge in [0.1, 0.15) is 5.75 Å². The second-order valence-electron chi connectivity index (χ2n) is 8.07. The zero-order valence-corrected chi connectivity index (χ0v) is 17.7. The molecular weight excluding hydrogens is 358 g/mol. The van der Waals surface area contributed by atoms with Crippen LogP contribution in [0.1, 0.15) is 30.9 Å². The van der Waals surface area contributed by atoms with E-state index in [4.69, 9.17) is 4.74 Å². The SMILES string of the molecule is CCc1cn(CCCNC2CCN(Cc3ccccc3)C2)c2c(OC)cccc12. The van der Waals surface area contributed by atoms with E-state index in [1.807, 2.05) is 0 Å². The maximum atomic E-state index is 5.63. The Morgan fingerprint density at radius 2 is 1.97 bits per heavy atom. The number of benzene rings is 2. The van der Waals surface area contributed by atoms with Crippen molar-refractivity contribution in [2.24, 2.45) is 0 Å². The molecule has 1 N–H and O–H groups in total. The summed E-state index contributed by atoms with van der Waals surface area (Å²) in [7, 11) is 1.76. The molecule has 1 aliphatic heterocycles. The molecule has 1 aliphatic rings. The van der Waals surface area contributed by atoms with Crippen molar-refractivity contribution in [2.75, 3.05) is 26.7 Å². The molecule has 1 saturated heterocycles. The van der Waals surface area contributed by atoms with Crippen LogP contribution in [-0.2, 0) is 19.5 Å². The van der Waals surface area contributed by atoms with Crippen molar-refractivity contribution in [1.29, 1.82) is 0 Å². The van der Waals surface area contributed by atoms with Gasteiger partial charge in [-0.3, -0.25) is 4.90 Å². The number of para-hydroxylation sites is 1. The van der Waals surface area contributed by atoms with Crippen LogP contribution in [0, 0.1) is 0 Å². The number of aryl methyl sites for hydroxylation is 2. The Labute approximate surface area is 174 Å². The first-order valence-electron chi connectivity index (χ1n) is 10.9. The second kappa shape index (κ2) is 9.47. The number of fused-ring (bicyclic) bond motifs is 1. The van der Waals surface area contributed by atoms with Crippen molar-refractivity contribution in [1.82, 2.24) is 14.8 Å². The van der Waals surface area contributed by atoms with Gasteiger partial charge >= 0.3 is 0 Å². The highest BCUT2D eigenvalue weighted by atomic mass is 16.5. The van der Waals surface area contributed by atoms with Crippen molar-refractivity contribution in [3.8, 4) is 5.75 Å². The molecule has 4 rings (SSSR count). The van der Waals surface area contributed by atoms with E-state index in [1.54, 1.807) is 7.11 Å². The molecule has 4 nitrogen and oxygen atoms in total. The normalized spacial score (nSPS) is 17.2. The van der Waals surface area contributed by atoms with Crippen LogP contribution in [0.15, 0.2) is 54.7 Å². The zero-order chi connectivity index (χ0) is 20.1. The molecule has 0 bridgehead atoms. The van der Waals surface area contributed by atoms with Crippen LogP contribution in [0.4, 0.5) is 0 Å². The maximum Gasteiger partial charge on any atom is 0.143 e. The first-order chi connectivity index (χ1) is 14.3. The highest BCUT2D eigenvalue weighted by molar-refractivity contribution is 5.89. The number of rotatable bonds is 9. The predicted octanol–water partition coefficient (Wildman–Crippen LogP) is 4.47. The van der Waals surface area contributed by atoms with Gasteiger partial charge in [0.05, 0.1) is 12.6 Å². The van der Waals surface area contributed by atoms with Gasteiger partial charge in [0.25, 0.3) is 0 Å². The number of likely N-dealkylation sites (tertiary alicyclic amines) is 1. The summed E-state index contributed by atoms with van der Waals surface area (Å²) in [5.41, 5.74) is 4.05. The fourth-order valence-electron chi connectivity index (χ4n) is 4.56. The molecule has 1 aromatic heterocycles. The zero-order valence-electron chi connectivity index (χ0n) is 17.7. The summed E-state index contributed by atoms with van der Waals surface area (Å²) in [6, 6.07) is 17.8. The third kappa shape index (κ3) is 4.65. The number of nitrogens with one attached hydrogen (secondary N) is 1. The summed E-state index contributed by atoms with van der Waals surface area (Å²) < 4.78 is 8.01. The van der Waals surface area contributed by atoms with Crippen molar-refractivity contribution in [3.05, 3.63) is 65.9 Å². The second-order valence-corrected chi connectivity index (χ2v) is 8.07. The largest absolute Gasteiger partial charge is 0.495 e. The van der Waals surface area contributed by atoms with E-state index < -0.39 is 0 Å². The molecule has 0 amide bonds. The van der Waals surface area contributed by atoms with Gasteiger partial charge in [0, 0.05) is 43.8 Å². The van der Waals surface area contributed by atoms with Gasteiger partial charge in [-0.15, -0.1) is 0 Å². The van der Waals surface area contributed by atoms with Crippen molar-refractivity contribution in [2.45, 2.75) is 45.3 Å². The van der Waals surface area contributed by atoms with Gasteiger partial charge in [0.2, 0.25) is 0 Å². The average molecular weight is 392 g/mol. The van der Waals surface area contributed by atoms with Crippen LogP contribution < -0.4 is 10.1 Å². The van der Waals surface area contributed by atoms with Crippen molar-refractivity contribution >= 4 is 10.9 Å². The van der Waals surface area contributed by atoms with E-state index in [2.05, 4.69) is 76.4 Å². The Balaban J connectivity index is 1.28. The summed E-state index contributed by atoms with van der Waals surface area (Å²) in [6.07, 6.45) is 5.73. The Morgan fingerprint density at radius 3 is 2.76 bits per heavy atom. The van der Waals surface area contributed by atoms with Crippen LogP contribution in [-0.4, -0.2) is 42.3 Å². The standard InChI is InChI=1S/C25H33N3O/c1-3-21-18-28(25-23(21)11-7-12-24(25)29-2)15-8-14-26-22-13-16-27(19-22)17-20-9-5-4-6-10-20/h4-7,9-12,18,22,26H,3,8,13-17,19H2,1-2H3. The van der Waals surface area contributed by atoms with Crippen LogP contribution in [0.2, 0.25) is 0 Å². The molecule has 2 aromatic carbocycles. The van der Waals surface area contributed by atoms with Gasteiger partial charge in [-0.2, -0.15) is 0 Å². The lowest BCUT2D eigenvalue weighted by Crippen LogP contribution is -2.33. The number of ether oxygens (including phenoxy) is 1. The van der Waals surface area contributed by atoms with Crippen LogP contribution >= 0.6 is 0 Å². The molecule has 0 aliphatic carbocycles. The third-order valence-electron chi connectivity index (χ3n) is 6.07. The fourth-order valence-corrected chi connectivity index (χ4v) is 4.56. The Kier molecular flexibility index (Phi) is 6.53. The molecule has 3 aromatic rings. The minimum Gasteiger partial charge on any atom is -0.495 e. The molecule has 154 valence electrons. The van der Waals surface area contributed by atoms with Gasteiger partial charge in [-0.1, -0.05) is 49.4 Å². The number of methoxy groups -OCH3 is 1. The molecule has 29 heavy (non-hydrogen) atoms. The molecule has 0 saturated carbocycles. The molecule has 0 radical (unpaired) electrons. The summed E-state index contributed by atoms with van der Waals surface area (Å²) >= 11 is 0. The maximum absolute atomic E-state index is 5.63. The van der Waals surface area contributed by atoms with E-state index in [1.165, 1.54) is 35.0 Å². The van der Waals surface area contributed by atoms with E-state index in [9.17, 15) is 0 Å². The predicted molar refractivity (Wildman–Crippen MR) is 121 cm³/mol. The first-order valence-corrected chi connectivity index (χ1v) is 10.9. The van der Waals surface area contributed by atoms with Gasteiger partial charge in [-0.25, -0.2) is 0 Å². The third-order valence-corrected chi connectivity index (χ3v) is 6.07. The van der Waals surface area contributed by atoms with Gasteiger partial charge in [-0.05, 0) is 43.0 Å². The van der Waals surface area contributed by atoms with Crippen LogP contribution in [0.25, 0.3) is 10.9 Å². The number of hydrogen-bond donors (Lipinski definition) is 1. The topological polar surface area (TPSA) is 29.4 Å². The number of aromatic nitrogens is 1. The summed E-state index contributed by atoms with van der Waals surface area (Å²) in [6.45, 7) is 7.70. The lowest BCUT2D eigenvalue weighted by molar-refractivity contribution is 0.319. The molecular formula is C25H33N3O. The van der Waals surface area contributed by atoms with Gasteiger partial charge < -0.3 is 14.6 Å². The first kappa shape index (κ1) is 20.0. The minimum atomic E-state index is 0.612. The molecule has 0 spiro atoms. The minimum absolute atomic E-state index is 0.612. The fraction of sp³-hybridized carbons (Fsp3) is 0.440. The smallest absolute Gasteiger partial charge is 0.143 e. The highest BCUT2D eigenvalue weighted by Crippen LogP contribution is 2.30. The Bertz CT molecular complexity index is 918. The number of hydrogen-bond acceptors (Lipinski definition) is 3. The molecule has 1 atom stereocenters. The quantitative estimate of drug-likeness (QED) is 0.546. The summed E-state index contributed by atoms with van der Waals surface area (Å²) in [4.78, 5) is 2.56.